The summed E-state index contributed by atoms with van der Waals surface area (Å²) in [6.45, 7) is 7.02. The number of likely N-dealkylation sites (tertiary alicyclic amines) is 1. The van der Waals surface area contributed by atoms with Gasteiger partial charge in [0.25, 0.3) is 0 Å². The predicted molar refractivity (Wildman–Crippen MR) is 78.7 cm³/mol. The van der Waals surface area contributed by atoms with Crippen LogP contribution in [0.2, 0.25) is 0 Å². The molecule has 0 aromatic heterocycles. The Morgan fingerprint density at radius 3 is 2.60 bits per heavy atom. The fourth-order valence-corrected chi connectivity index (χ4v) is 2.84. The number of urea groups is 1. The molecule has 5 nitrogen and oxygen atoms in total. The van der Waals surface area contributed by atoms with E-state index in [0.717, 1.165) is 32.2 Å². The minimum absolute atomic E-state index is 0.0272. The number of piperidine rings is 1. The molecule has 2 unspecified atom stereocenters. The molecular formula is C15H28N2O3. The lowest BCUT2D eigenvalue weighted by molar-refractivity contribution is -0.137. The van der Waals surface area contributed by atoms with Crippen LogP contribution >= 0.6 is 0 Å². The number of nitrogens with zero attached hydrogens (tertiary/aromatic N) is 1. The van der Waals surface area contributed by atoms with Crippen molar-refractivity contribution in [2.75, 3.05) is 6.54 Å². The highest BCUT2D eigenvalue weighted by Gasteiger charge is 2.28. The maximum Gasteiger partial charge on any atom is 0.317 e. The molecule has 1 aliphatic heterocycles. The molecule has 2 atom stereocenters. The number of carboxylic acids is 1. The fraction of sp³-hybridized carbons (Fsp3) is 0.867. The van der Waals surface area contributed by atoms with Gasteiger partial charge in [0.05, 0.1) is 0 Å². The number of rotatable bonds is 6. The van der Waals surface area contributed by atoms with Gasteiger partial charge < -0.3 is 15.3 Å². The van der Waals surface area contributed by atoms with E-state index in [1.807, 2.05) is 4.90 Å². The van der Waals surface area contributed by atoms with Crippen LogP contribution in [0.1, 0.15) is 59.3 Å². The van der Waals surface area contributed by atoms with Gasteiger partial charge in [-0.25, -0.2) is 4.79 Å². The Bertz CT molecular complexity index is 331. The summed E-state index contributed by atoms with van der Waals surface area (Å²) in [4.78, 5) is 25.0. The topological polar surface area (TPSA) is 69.6 Å². The van der Waals surface area contributed by atoms with E-state index in [2.05, 4.69) is 26.1 Å². The second kappa shape index (κ2) is 8.12. The maximum atomic E-state index is 12.4. The van der Waals surface area contributed by atoms with E-state index < -0.39 is 5.97 Å². The number of amides is 2. The number of hydrogen-bond donors (Lipinski definition) is 2. The lowest BCUT2D eigenvalue weighted by Crippen LogP contribution is -2.52. The molecule has 1 fully saturated rings. The van der Waals surface area contributed by atoms with E-state index in [9.17, 15) is 9.59 Å². The zero-order valence-corrected chi connectivity index (χ0v) is 12.9. The van der Waals surface area contributed by atoms with Gasteiger partial charge in [-0.1, -0.05) is 20.8 Å². The smallest absolute Gasteiger partial charge is 0.317 e. The van der Waals surface area contributed by atoms with E-state index in [4.69, 9.17) is 5.11 Å². The van der Waals surface area contributed by atoms with Crippen molar-refractivity contribution in [3.8, 4) is 0 Å². The Morgan fingerprint density at radius 1 is 1.35 bits per heavy atom. The highest BCUT2D eigenvalue weighted by atomic mass is 16.4. The summed E-state index contributed by atoms with van der Waals surface area (Å²) in [7, 11) is 0. The van der Waals surface area contributed by atoms with E-state index in [1.54, 1.807) is 0 Å². The van der Waals surface area contributed by atoms with Crippen LogP contribution in [0, 0.1) is 5.92 Å². The van der Waals surface area contributed by atoms with Crippen LogP contribution in [-0.4, -0.2) is 40.6 Å². The fourth-order valence-electron chi connectivity index (χ4n) is 2.84. The zero-order valence-electron chi connectivity index (χ0n) is 12.9. The minimum atomic E-state index is -0.787. The van der Waals surface area contributed by atoms with Crippen molar-refractivity contribution in [1.82, 2.24) is 10.2 Å². The van der Waals surface area contributed by atoms with Crippen LogP contribution in [0.25, 0.3) is 0 Å². The van der Waals surface area contributed by atoms with Gasteiger partial charge in [0.2, 0.25) is 0 Å². The third kappa shape index (κ3) is 5.02. The largest absolute Gasteiger partial charge is 0.481 e. The molecule has 0 saturated carbocycles. The molecule has 1 rings (SSSR count). The Balaban J connectivity index is 2.59. The lowest BCUT2D eigenvalue weighted by Gasteiger charge is -2.37. The van der Waals surface area contributed by atoms with E-state index >= 15 is 0 Å². The van der Waals surface area contributed by atoms with Crippen LogP contribution in [0.15, 0.2) is 0 Å². The van der Waals surface area contributed by atoms with Gasteiger partial charge in [0.1, 0.15) is 0 Å². The summed E-state index contributed by atoms with van der Waals surface area (Å²) in [5, 5.41) is 11.9. The average molecular weight is 284 g/mol. The molecule has 0 radical (unpaired) electrons. The summed E-state index contributed by atoms with van der Waals surface area (Å²) in [5.74, 6) is -0.379. The molecule has 1 aliphatic rings. The summed E-state index contributed by atoms with van der Waals surface area (Å²) >= 11 is 0. The number of aliphatic carboxylic acids is 1. The molecule has 1 heterocycles. The first-order valence-corrected chi connectivity index (χ1v) is 7.74. The Labute approximate surface area is 121 Å². The molecule has 2 amide bonds. The van der Waals surface area contributed by atoms with Crippen molar-refractivity contribution in [2.45, 2.75) is 71.4 Å². The second-order valence-corrected chi connectivity index (χ2v) is 5.98. The van der Waals surface area contributed by atoms with Gasteiger partial charge in [0, 0.05) is 25.0 Å². The van der Waals surface area contributed by atoms with Crippen molar-refractivity contribution >= 4 is 12.0 Å². The average Bonchev–Trinajstić information content (AvgIpc) is 2.42. The molecule has 0 aromatic rings. The maximum absolute atomic E-state index is 12.4. The predicted octanol–water partition coefficient (Wildman–Crippen LogP) is 2.85. The number of carboxylic acid groups (broad SMARTS) is 1. The Kier molecular flexibility index (Phi) is 6.82. The van der Waals surface area contributed by atoms with Gasteiger partial charge in [0.15, 0.2) is 0 Å². The van der Waals surface area contributed by atoms with Gasteiger partial charge in [-0.15, -0.1) is 0 Å². The second-order valence-electron chi connectivity index (χ2n) is 5.98. The van der Waals surface area contributed by atoms with Crippen LogP contribution in [0.4, 0.5) is 4.79 Å². The molecule has 0 bridgehead atoms. The molecule has 0 aromatic carbocycles. The van der Waals surface area contributed by atoms with Crippen LogP contribution in [0.5, 0.6) is 0 Å². The van der Waals surface area contributed by atoms with Gasteiger partial charge in [-0.2, -0.15) is 0 Å². The first-order valence-electron chi connectivity index (χ1n) is 7.74. The molecule has 116 valence electrons. The van der Waals surface area contributed by atoms with E-state index in [-0.39, 0.29) is 24.5 Å². The quantitative estimate of drug-likeness (QED) is 0.788. The molecule has 5 heteroatoms. The van der Waals surface area contributed by atoms with Crippen LogP contribution in [0.3, 0.4) is 0 Å². The van der Waals surface area contributed by atoms with Gasteiger partial charge in [-0.3, -0.25) is 4.79 Å². The molecule has 20 heavy (non-hydrogen) atoms. The van der Waals surface area contributed by atoms with E-state index in [0.29, 0.717) is 12.3 Å². The standard InChI is InChI=1S/C15H28N2O3/c1-4-13(11(2)3)16-15(20)17-10-6-5-7-12(17)8-9-14(18)19/h11-13H,4-10H2,1-3H3,(H,16,20)(H,18,19). The van der Waals surface area contributed by atoms with Crippen molar-refractivity contribution in [3.05, 3.63) is 0 Å². The first kappa shape index (κ1) is 16.8. The Hall–Kier alpha value is -1.26. The monoisotopic (exact) mass is 284 g/mol. The number of hydrogen-bond acceptors (Lipinski definition) is 2. The normalized spacial score (nSPS) is 20.8. The first-order chi connectivity index (χ1) is 9.45. The van der Waals surface area contributed by atoms with E-state index in [1.165, 1.54) is 0 Å². The molecule has 1 saturated heterocycles. The molecule has 0 aliphatic carbocycles. The summed E-state index contributed by atoms with van der Waals surface area (Å²) in [5.41, 5.74) is 0. The van der Waals surface area contributed by atoms with Crippen molar-refractivity contribution < 1.29 is 14.7 Å². The van der Waals surface area contributed by atoms with Crippen molar-refractivity contribution in [3.63, 3.8) is 0 Å². The molecule has 2 N–H and O–H groups in total. The summed E-state index contributed by atoms with van der Waals surface area (Å²) in [6, 6.07) is 0.231. The van der Waals surface area contributed by atoms with Crippen molar-refractivity contribution in [1.29, 1.82) is 0 Å². The van der Waals surface area contributed by atoms with Gasteiger partial charge >= 0.3 is 12.0 Å². The number of carbonyl (C=O) groups excluding carboxylic acids is 1. The number of nitrogens with one attached hydrogen (secondary N) is 1. The van der Waals surface area contributed by atoms with Crippen molar-refractivity contribution in [2.24, 2.45) is 5.92 Å². The third-order valence-electron chi connectivity index (χ3n) is 4.13. The zero-order chi connectivity index (χ0) is 15.1. The third-order valence-corrected chi connectivity index (χ3v) is 4.13. The SMILES string of the molecule is CCC(NC(=O)N1CCCCC1CCC(=O)O)C(C)C. The van der Waals surface area contributed by atoms with Crippen LogP contribution in [-0.2, 0) is 4.79 Å². The number of carbonyl (C=O) groups is 2. The highest BCUT2D eigenvalue weighted by molar-refractivity contribution is 5.75. The minimum Gasteiger partial charge on any atom is -0.481 e. The molecule has 0 spiro atoms. The Morgan fingerprint density at radius 2 is 2.05 bits per heavy atom. The summed E-state index contributed by atoms with van der Waals surface area (Å²) in [6.07, 6.45) is 4.61. The lowest BCUT2D eigenvalue weighted by atomic mass is 9.98. The molecular weight excluding hydrogens is 256 g/mol. The van der Waals surface area contributed by atoms with Crippen LogP contribution < -0.4 is 5.32 Å². The summed E-state index contributed by atoms with van der Waals surface area (Å²) < 4.78 is 0. The highest BCUT2D eigenvalue weighted by Crippen LogP contribution is 2.21. The van der Waals surface area contributed by atoms with Gasteiger partial charge in [-0.05, 0) is 38.0 Å².